The van der Waals surface area contributed by atoms with Crippen molar-refractivity contribution in [3.8, 4) is 0 Å². The summed E-state index contributed by atoms with van der Waals surface area (Å²) in [6, 6.07) is 4.87. The quantitative estimate of drug-likeness (QED) is 0.610. The number of esters is 1. The fraction of sp³-hybridized carbons (Fsp3) is 0.333. The van der Waals surface area contributed by atoms with Crippen LogP contribution in [0.3, 0.4) is 0 Å². The SMILES string of the molecule is CCOC(=O)c1c(NS(=O)(=O)c2ccc(C)cc2C)oc(C)c1C(C)=O. The summed E-state index contributed by atoms with van der Waals surface area (Å²) in [5, 5.41) is 0. The Hall–Kier alpha value is -2.61. The lowest BCUT2D eigenvalue weighted by atomic mass is 10.1. The molecule has 0 fully saturated rings. The van der Waals surface area contributed by atoms with Crippen molar-refractivity contribution < 1.29 is 27.2 Å². The van der Waals surface area contributed by atoms with Gasteiger partial charge >= 0.3 is 5.97 Å². The second-order valence-corrected chi connectivity index (χ2v) is 7.54. The largest absolute Gasteiger partial charge is 0.462 e. The molecule has 7 nitrogen and oxygen atoms in total. The number of hydrogen-bond acceptors (Lipinski definition) is 6. The van der Waals surface area contributed by atoms with E-state index in [1.54, 1.807) is 26.0 Å². The molecule has 1 aromatic heterocycles. The van der Waals surface area contributed by atoms with Crippen LogP contribution in [-0.2, 0) is 14.8 Å². The number of aryl methyl sites for hydroxylation is 3. The summed E-state index contributed by atoms with van der Waals surface area (Å²) in [4.78, 5) is 24.2. The molecule has 0 saturated heterocycles. The lowest BCUT2D eigenvalue weighted by molar-refractivity contribution is 0.0524. The maximum Gasteiger partial charge on any atom is 0.344 e. The first kappa shape index (κ1) is 19.7. The molecule has 140 valence electrons. The number of nitrogens with one attached hydrogen (secondary N) is 1. The number of sulfonamides is 1. The monoisotopic (exact) mass is 379 g/mol. The number of benzene rings is 1. The lowest BCUT2D eigenvalue weighted by Gasteiger charge is -2.10. The number of furan rings is 1. The molecule has 0 unspecified atom stereocenters. The molecule has 1 heterocycles. The molecule has 1 N–H and O–H groups in total. The maximum atomic E-state index is 12.7. The van der Waals surface area contributed by atoms with Crippen molar-refractivity contribution in [2.45, 2.75) is 39.5 Å². The zero-order chi connectivity index (χ0) is 19.6. The van der Waals surface area contributed by atoms with Crippen LogP contribution in [-0.4, -0.2) is 26.8 Å². The second-order valence-electron chi connectivity index (χ2n) is 5.89. The number of ketones is 1. The Balaban J connectivity index is 2.56. The van der Waals surface area contributed by atoms with E-state index in [4.69, 9.17) is 9.15 Å². The van der Waals surface area contributed by atoms with Crippen molar-refractivity contribution in [3.63, 3.8) is 0 Å². The smallest absolute Gasteiger partial charge is 0.344 e. The van der Waals surface area contributed by atoms with Crippen LogP contribution in [0.4, 0.5) is 5.88 Å². The van der Waals surface area contributed by atoms with E-state index in [-0.39, 0.29) is 34.3 Å². The number of carbonyl (C=O) groups is 2. The Kier molecular flexibility index (Phi) is 5.56. The molecule has 1 aromatic carbocycles. The molecule has 8 heteroatoms. The lowest BCUT2D eigenvalue weighted by Crippen LogP contribution is -2.17. The minimum absolute atomic E-state index is 0.00165. The van der Waals surface area contributed by atoms with Crippen molar-refractivity contribution in [2.24, 2.45) is 0 Å². The Morgan fingerprint density at radius 1 is 1.15 bits per heavy atom. The summed E-state index contributed by atoms with van der Waals surface area (Å²) >= 11 is 0. The predicted octanol–water partition coefficient (Wildman–Crippen LogP) is 3.38. The van der Waals surface area contributed by atoms with Gasteiger partial charge in [0.05, 0.1) is 17.1 Å². The van der Waals surface area contributed by atoms with Crippen molar-refractivity contribution in [1.82, 2.24) is 0 Å². The van der Waals surface area contributed by atoms with Crippen LogP contribution in [0.1, 0.15) is 51.5 Å². The van der Waals surface area contributed by atoms with Crippen LogP contribution < -0.4 is 4.72 Å². The van der Waals surface area contributed by atoms with Crippen LogP contribution in [0.15, 0.2) is 27.5 Å². The molecule has 0 aliphatic heterocycles. The summed E-state index contributed by atoms with van der Waals surface area (Å²) < 4.78 is 38.1. The third-order valence-electron chi connectivity index (χ3n) is 3.76. The molecule has 0 radical (unpaired) electrons. The molecular weight excluding hydrogens is 358 g/mol. The second kappa shape index (κ2) is 7.33. The molecule has 0 aliphatic rings. The van der Waals surface area contributed by atoms with Crippen LogP contribution in [0, 0.1) is 20.8 Å². The third kappa shape index (κ3) is 3.80. The van der Waals surface area contributed by atoms with Crippen LogP contribution in [0.25, 0.3) is 0 Å². The molecule has 0 spiro atoms. The molecule has 0 atom stereocenters. The Labute approximate surface area is 152 Å². The average molecular weight is 379 g/mol. The number of anilines is 1. The summed E-state index contributed by atoms with van der Waals surface area (Å²) in [5.74, 6) is -1.44. The van der Waals surface area contributed by atoms with Gasteiger partial charge in [-0.15, -0.1) is 0 Å². The number of rotatable bonds is 6. The van der Waals surface area contributed by atoms with E-state index < -0.39 is 21.8 Å². The number of ether oxygens (including phenoxy) is 1. The molecular formula is C18H21NO6S. The van der Waals surface area contributed by atoms with Crippen LogP contribution in [0.2, 0.25) is 0 Å². The fourth-order valence-electron chi connectivity index (χ4n) is 2.72. The summed E-state index contributed by atoms with van der Waals surface area (Å²) in [7, 11) is -4.02. The topological polar surface area (TPSA) is 103 Å². The van der Waals surface area contributed by atoms with Gasteiger partial charge in [0.25, 0.3) is 10.0 Å². The van der Waals surface area contributed by atoms with Gasteiger partial charge in [0.1, 0.15) is 11.3 Å². The first-order valence-corrected chi connectivity index (χ1v) is 9.48. The normalized spacial score (nSPS) is 11.3. The highest BCUT2D eigenvalue weighted by Gasteiger charge is 2.30. The highest BCUT2D eigenvalue weighted by molar-refractivity contribution is 7.92. The Morgan fingerprint density at radius 3 is 2.35 bits per heavy atom. The summed E-state index contributed by atoms with van der Waals surface area (Å²) in [5.41, 5.74) is 1.25. The van der Waals surface area contributed by atoms with Gasteiger partial charge in [-0.2, -0.15) is 0 Å². The van der Waals surface area contributed by atoms with E-state index in [0.29, 0.717) is 5.56 Å². The predicted molar refractivity (Wildman–Crippen MR) is 96.1 cm³/mol. The van der Waals surface area contributed by atoms with Gasteiger partial charge in [0.2, 0.25) is 5.88 Å². The highest BCUT2D eigenvalue weighted by atomic mass is 32.2. The van der Waals surface area contributed by atoms with Gasteiger partial charge < -0.3 is 9.15 Å². The number of hydrogen-bond donors (Lipinski definition) is 1. The molecule has 2 rings (SSSR count). The molecule has 0 aliphatic carbocycles. The van der Waals surface area contributed by atoms with Crippen molar-refractivity contribution in [2.75, 3.05) is 11.3 Å². The van der Waals surface area contributed by atoms with Gasteiger partial charge in [0, 0.05) is 0 Å². The summed E-state index contributed by atoms with van der Waals surface area (Å²) in [6.45, 7) is 7.95. The number of carbonyl (C=O) groups excluding carboxylic acids is 2. The number of Topliss-reactive ketones (excluding diaryl/α,β-unsaturated/α-hetero) is 1. The van der Waals surface area contributed by atoms with E-state index >= 15 is 0 Å². The van der Waals surface area contributed by atoms with Crippen LogP contribution in [0.5, 0.6) is 0 Å². The molecule has 26 heavy (non-hydrogen) atoms. The Morgan fingerprint density at radius 2 is 1.81 bits per heavy atom. The average Bonchev–Trinajstić information content (AvgIpc) is 2.82. The van der Waals surface area contributed by atoms with Crippen molar-refractivity contribution >= 4 is 27.7 Å². The van der Waals surface area contributed by atoms with Crippen LogP contribution >= 0.6 is 0 Å². The zero-order valence-corrected chi connectivity index (χ0v) is 16.1. The van der Waals surface area contributed by atoms with E-state index in [1.165, 1.54) is 19.9 Å². The maximum absolute atomic E-state index is 12.7. The molecule has 0 saturated carbocycles. The minimum atomic E-state index is -4.02. The third-order valence-corrected chi connectivity index (χ3v) is 5.25. The first-order valence-electron chi connectivity index (χ1n) is 8.00. The fourth-order valence-corrected chi connectivity index (χ4v) is 3.94. The van der Waals surface area contributed by atoms with Gasteiger partial charge in [-0.1, -0.05) is 17.7 Å². The molecule has 0 bridgehead atoms. The van der Waals surface area contributed by atoms with Crippen molar-refractivity contribution in [3.05, 3.63) is 46.2 Å². The standard InChI is InChI=1S/C18H21NO6S/c1-6-24-18(21)16-15(12(4)20)13(5)25-17(16)19-26(22,23)14-8-7-10(2)9-11(14)3/h7-9,19H,6H2,1-5H3. The van der Waals surface area contributed by atoms with Crippen molar-refractivity contribution in [1.29, 1.82) is 0 Å². The highest BCUT2D eigenvalue weighted by Crippen LogP contribution is 2.31. The first-order chi connectivity index (χ1) is 12.1. The van der Waals surface area contributed by atoms with Gasteiger partial charge in [-0.3, -0.25) is 4.79 Å². The van der Waals surface area contributed by atoms with E-state index in [1.807, 2.05) is 6.92 Å². The van der Waals surface area contributed by atoms with E-state index in [2.05, 4.69) is 4.72 Å². The minimum Gasteiger partial charge on any atom is -0.462 e. The van der Waals surface area contributed by atoms with E-state index in [9.17, 15) is 18.0 Å². The van der Waals surface area contributed by atoms with E-state index in [0.717, 1.165) is 5.56 Å². The van der Waals surface area contributed by atoms with Gasteiger partial charge in [-0.05, 0) is 46.2 Å². The summed E-state index contributed by atoms with van der Waals surface area (Å²) in [6.07, 6.45) is 0. The molecule has 0 amide bonds. The van der Waals surface area contributed by atoms with Gasteiger partial charge in [0.15, 0.2) is 5.78 Å². The Bertz CT molecular complexity index is 972. The zero-order valence-electron chi connectivity index (χ0n) is 15.3. The molecule has 2 aromatic rings. The van der Waals surface area contributed by atoms with Gasteiger partial charge in [-0.25, -0.2) is 17.9 Å².